The third-order valence-corrected chi connectivity index (χ3v) is 11.8. The van der Waals surface area contributed by atoms with Crippen LogP contribution in [0.2, 0.25) is 0 Å². The second-order valence-electron chi connectivity index (χ2n) is 13.6. The molecule has 0 spiro atoms. The smallest absolute Gasteiger partial charge is 0.509 e. The molecule has 0 aliphatic carbocycles. The summed E-state index contributed by atoms with van der Waals surface area (Å²) in [5.41, 5.74) is -1.56. The maximum atomic E-state index is 11.9. The molecule has 2 N–H and O–H groups in total. The van der Waals surface area contributed by atoms with E-state index in [1.807, 2.05) is 6.07 Å². The number of esters is 4. The van der Waals surface area contributed by atoms with Crippen molar-refractivity contribution in [2.75, 3.05) is 62.3 Å². The minimum absolute atomic E-state index is 0. The van der Waals surface area contributed by atoms with Gasteiger partial charge in [0.25, 0.3) is 40.5 Å². The average Bonchev–Trinajstić information content (AvgIpc) is 3.23. The van der Waals surface area contributed by atoms with Gasteiger partial charge in [0.2, 0.25) is 6.79 Å². The van der Waals surface area contributed by atoms with Crippen molar-refractivity contribution in [3.8, 4) is 0 Å². The number of ether oxygens (including phenoxy) is 4. The Morgan fingerprint density at radius 2 is 0.925 bits per heavy atom. The van der Waals surface area contributed by atoms with Crippen LogP contribution < -0.4 is 0 Å². The van der Waals surface area contributed by atoms with Crippen LogP contribution in [-0.4, -0.2) is 136 Å². The maximum Gasteiger partial charge on any atom is 1.00 e. The Morgan fingerprint density at radius 1 is 0.597 bits per heavy atom. The first kappa shape index (κ1) is 70.7. The second kappa shape index (κ2) is 36.2. The predicted octanol–water partition coefficient (Wildman–Crippen LogP) is 3.25. The zero-order valence-electron chi connectivity index (χ0n) is 36.8. The number of alkyl halides is 1. The van der Waals surface area contributed by atoms with Crippen LogP contribution in [0.1, 0.15) is 75.1 Å². The predicted molar refractivity (Wildman–Crippen MR) is 230 cm³/mol. The molecule has 0 amide bonds. The second-order valence-corrected chi connectivity index (χ2v) is 20.7. The Balaban J connectivity index is -0.000000460. The van der Waals surface area contributed by atoms with E-state index in [2.05, 4.69) is 18.0 Å². The van der Waals surface area contributed by atoms with E-state index in [9.17, 15) is 52.8 Å². The van der Waals surface area contributed by atoms with Gasteiger partial charge in [0.1, 0.15) is 0 Å². The van der Waals surface area contributed by atoms with Crippen LogP contribution >= 0.6 is 11.6 Å². The minimum Gasteiger partial charge on any atom is -0.509 e. The number of rotatable bonds is 25. The van der Waals surface area contributed by atoms with E-state index in [-0.39, 0.29) is 88.4 Å². The van der Waals surface area contributed by atoms with Crippen LogP contribution in [0.5, 0.6) is 0 Å². The summed E-state index contributed by atoms with van der Waals surface area (Å²) < 4.78 is 133. The van der Waals surface area contributed by atoms with Crippen LogP contribution in [0.15, 0.2) is 60.7 Å². The standard InChI is InChI=1S/C18H26O10S2.C10H20O8S2.C8H7ClO2.CHO3.2Ag/c1-4-25-17(20)18(2,3)13-27-29(21,22)11-8-12-30(23,24)28-14-26-16(19)15-9-6-5-7-10-15;1-4-17-9(11)10(2,3)8-18-20(15,16)7-5-6-19(12,13)14;9-6-11-8(10)7-4-2-1-3-5-7;2-1-4-3;;/h5-7,9-10H,4,8,11-14H2,1-3H3;4-8H2,1-3H3,(H,12,13,14);1-5H,6H2;3H;;/q;;;-1;;+1. The van der Waals surface area contributed by atoms with E-state index >= 15 is 0 Å². The summed E-state index contributed by atoms with van der Waals surface area (Å²) in [6.45, 7) is 8.51. The molecular formula is C37H54Ag2ClO23S4. The normalized spacial score (nSPS) is 11.3. The van der Waals surface area contributed by atoms with Crippen molar-refractivity contribution in [1.29, 1.82) is 0 Å². The number of hydrogen-bond donors (Lipinski definition) is 2. The quantitative estimate of drug-likeness (QED) is 0.0138. The molecule has 2 aromatic carbocycles. The molecule has 1 radical (unpaired) electrons. The molecule has 393 valence electrons. The zero-order chi connectivity index (χ0) is 50.4. The molecule has 0 atom stereocenters. The van der Waals surface area contributed by atoms with E-state index in [0.29, 0.717) is 5.56 Å². The molecule has 67 heavy (non-hydrogen) atoms. The Hall–Kier alpha value is -2.84. The Labute approximate surface area is 427 Å². The molecule has 2 rings (SSSR count). The topological polar surface area (TPSA) is 336 Å². The molecule has 0 saturated carbocycles. The molecule has 0 heterocycles. The molecule has 23 nitrogen and oxygen atoms in total. The fourth-order valence-corrected chi connectivity index (χ4v) is 7.73. The van der Waals surface area contributed by atoms with E-state index < -0.39 is 112 Å². The van der Waals surface area contributed by atoms with Crippen LogP contribution in [0.3, 0.4) is 0 Å². The molecule has 0 aliphatic heterocycles. The first-order valence-corrected chi connectivity index (χ1v) is 25.5. The third kappa shape index (κ3) is 36.8. The van der Waals surface area contributed by atoms with E-state index in [1.165, 1.54) is 39.8 Å². The average molecular weight is 1250 g/mol. The molecule has 0 unspecified atom stereocenters. The van der Waals surface area contributed by atoms with Gasteiger partial charge in [-0.2, -0.15) is 33.7 Å². The number of hydrogen-bond acceptors (Lipinski definition) is 22. The molecule has 0 saturated heterocycles. The molecule has 0 aliphatic rings. The molecule has 0 fully saturated rings. The fraction of sp³-hybridized carbons (Fsp3) is 0.541. The van der Waals surface area contributed by atoms with Crippen molar-refractivity contribution in [3.63, 3.8) is 0 Å². The van der Waals surface area contributed by atoms with Gasteiger partial charge in [-0.15, -0.1) is 0 Å². The minimum atomic E-state index is -4.20. The van der Waals surface area contributed by atoms with Gasteiger partial charge in [-0.05, 0) is 85.1 Å². The summed E-state index contributed by atoms with van der Waals surface area (Å²) in [4.78, 5) is 57.2. The summed E-state index contributed by atoms with van der Waals surface area (Å²) in [6.07, 6.45) is -0.599. The van der Waals surface area contributed by atoms with Gasteiger partial charge in [0.05, 0.1) is 71.4 Å². The fourth-order valence-electron chi connectivity index (χ4n) is 3.77. The van der Waals surface area contributed by atoms with Gasteiger partial charge in [-0.1, -0.05) is 48.0 Å². The first-order valence-electron chi connectivity index (χ1n) is 18.6. The first-order chi connectivity index (χ1) is 30.0. The molecule has 30 heteroatoms. The molecule has 0 bridgehead atoms. The molecule has 2 aromatic rings. The van der Waals surface area contributed by atoms with Crippen LogP contribution in [0.4, 0.5) is 0 Å². The van der Waals surface area contributed by atoms with Gasteiger partial charge in [-0.25, -0.2) is 19.0 Å². The Morgan fingerprint density at radius 3 is 1.24 bits per heavy atom. The van der Waals surface area contributed by atoms with Gasteiger partial charge in [-0.3, -0.25) is 22.5 Å². The number of halogens is 1. The van der Waals surface area contributed by atoms with Gasteiger partial charge in [0, 0.05) is 22.4 Å². The van der Waals surface area contributed by atoms with Crippen LogP contribution in [-0.2, 0) is 136 Å². The summed E-state index contributed by atoms with van der Waals surface area (Å²) in [5.74, 6) is -4.80. The summed E-state index contributed by atoms with van der Waals surface area (Å²) in [6, 6.07) is 16.5. The van der Waals surface area contributed by atoms with Crippen LogP contribution in [0.25, 0.3) is 0 Å². The van der Waals surface area contributed by atoms with Gasteiger partial charge in [0.15, 0.2) is 6.07 Å². The van der Waals surface area contributed by atoms with Crippen molar-refractivity contribution in [3.05, 3.63) is 71.8 Å². The SMILES string of the molecule is CCOC(=O)C(C)(C)COS(=O)(=O)CCCS(=O)(=O)O.CCOC(=O)C(C)(C)COS(=O)(=O)CCCS(=O)(=O)OCOC(=O)c1ccccc1.O=C(OCCl)c1ccccc1.O=[C-]OO.[Ag+].[Ag]. The van der Waals surface area contributed by atoms with Crippen molar-refractivity contribution < 1.29 is 149 Å². The van der Waals surface area contributed by atoms with Crippen molar-refractivity contribution >= 4 is 82.4 Å². The van der Waals surface area contributed by atoms with Gasteiger partial charge >= 0.3 is 46.3 Å². The zero-order valence-corrected chi connectivity index (χ0v) is 43.8. The van der Waals surface area contributed by atoms with Crippen LogP contribution in [0, 0.1) is 10.8 Å². The van der Waals surface area contributed by atoms with E-state index in [0.717, 1.165) is 6.47 Å². The van der Waals surface area contributed by atoms with E-state index in [1.54, 1.807) is 56.3 Å². The monoisotopic (exact) mass is 1240 g/mol. The van der Waals surface area contributed by atoms with E-state index in [4.69, 9.17) is 44.6 Å². The number of benzene rings is 2. The molecule has 0 aromatic heterocycles. The maximum absolute atomic E-state index is 11.9. The Bertz CT molecular complexity index is 2190. The summed E-state index contributed by atoms with van der Waals surface area (Å²) >= 11 is 5.20. The van der Waals surface area contributed by atoms with Gasteiger partial charge < -0.3 is 28.6 Å². The molecular weight excluding hydrogens is 1190 g/mol. The number of carbonyl (C=O) groups is 4. The van der Waals surface area contributed by atoms with Crippen molar-refractivity contribution in [2.45, 2.75) is 54.4 Å². The third-order valence-electron chi connectivity index (χ3n) is 7.10. The summed E-state index contributed by atoms with van der Waals surface area (Å²) in [7, 11) is -16.4. The van der Waals surface area contributed by atoms with Crippen molar-refractivity contribution in [1.82, 2.24) is 0 Å². The van der Waals surface area contributed by atoms with Crippen molar-refractivity contribution in [2.24, 2.45) is 10.8 Å². The Kier molecular flexibility index (Phi) is 38.2. The number of carbonyl (C=O) groups excluding carboxylic acids is 5. The summed E-state index contributed by atoms with van der Waals surface area (Å²) in [5, 5.41) is 6.95. The largest absolute Gasteiger partial charge is 1.00 e.